The van der Waals surface area contributed by atoms with E-state index in [1.54, 1.807) is 36.1 Å². The first-order valence-electron chi connectivity index (χ1n) is 9.05. The number of carbonyl (C=O) groups is 3. The van der Waals surface area contributed by atoms with Gasteiger partial charge in [0.15, 0.2) is 11.6 Å². The van der Waals surface area contributed by atoms with Crippen molar-refractivity contribution in [2.75, 3.05) is 19.7 Å². The minimum atomic E-state index is -1.01. The van der Waals surface area contributed by atoms with Gasteiger partial charge in [0.25, 0.3) is 0 Å². The van der Waals surface area contributed by atoms with Crippen LogP contribution < -0.4 is 5.73 Å². The fraction of sp³-hybridized carbons (Fsp3) is 0.474. The minimum Gasteiger partial charge on any atom is -0.480 e. The second-order valence-electron chi connectivity index (χ2n) is 6.82. The molecule has 0 bridgehead atoms. The van der Waals surface area contributed by atoms with Crippen LogP contribution in [0.25, 0.3) is 0 Å². The van der Waals surface area contributed by atoms with Crippen molar-refractivity contribution < 1.29 is 29.4 Å². The molecule has 0 spiro atoms. The summed E-state index contributed by atoms with van der Waals surface area (Å²) in [5.41, 5.74) is 6.45. The highest BCUT2D eigenvalue weighted by Crippen LogP contribution is 2.18. The number of nitrogens with two attached hydrogens (primary N) is 1. The van der Waals surface area contributed by atoms with Crippen molar-refractivity contribution in [3.05, 3.63) is 35.4 Å². The van der Waals surface area contributed by atoms with E-state index >= 15 is 0 Å². The van der Waals surface area contributed by atoms with Crippen LogP contribution in [-0.4, -0.2) is 64.5 Å². The highest BCUT2D eigenvalue weighted by molar-refractivity contribution is 6.01. The van der Waals surface area contributed by atoms with Crippen molar-refractivity contribution in [2.24, 2.45) is 16.8 Å². The zero-order valence-corrected chi connectivity index (χ0v) is 15.7. The number of hydrogen-bond acceptors (Lipinski definition) is 6. The average molecular weight is 391 g/mol. The van der Waals surface area contributed by atoms with Gasteiger partial charge < -0.3 is 25.7 Å². The number of amides is 1. The van der Waals surface area contributed by atoms with E-state index in [9.17, 15) is 14.4 Å². The minimum absolute atomic E-state index is 0.0436. The van der Waals surface area contributed by atoms with E-state index in [0.717, 1.165) is 0 Å². The van der Waals surface area contributed by atoms with Gasteiger partial charge in [-0.3, -0.25) is 9.59 Å². The van der Waals surface area contributed by atoms with Crippen molar-refractivity contribution in [1.82, 2.24) is 4.90 Å². The van der Waals surface area contributed by atoms with Crippen LogP contribution in [0.3, 0.4) is 0 Å². The first-order valence-corrected chi connectivity index (χ1v) is 9.05. The number of amidine groups is 1. The van der Waals surface area contributed by atoms with Crippen LogP contribution in [0.1, 0.15) is 42.1 Å². The molecule has 9 heteroatoms. The number of Topliss-reactive ketones (excluding diaryl/α,β-unsaturated/α-hetero) is 1. The third kappa shape index (κ3) is 5.78. The molecule has 1 amide bonds. The first-order chi connectivity index (χ1) is 13.3. The van der Waals surface area contributed by atoms with Gasteiger partial charge in [-0.25, -0.2) is 4.79 Å². The second-order valence-corrected chi connectivity index (χ2v) is 6.82. The summed E-state index contributed by atoms with van der Waals surface area (Å²) < 4.78 is 5.26. The summed E-state index contributed by atoms with van der Waals surface area (Å²) in [5.74, 6) is -1.80. The van der Waals surface area contributed by atoms with Crippen LogP contribution in [0, 0.1) is 5.92 Å². The highest BCUT2D eigenvalue weighted by Gasteiger charge is 2.26. The topological polar surface area (TPSA) is 143 Å². The molecule has 1 saturated heterocycles. The summed E-state index contributed by atoms with van der Waals surface area (Å²) in [4.78, 5) is 37.3. The van der Waals surface area contributed by atoms with Crippen molar-refractivity contribution in [3.63, 3.8) is 0 Å². The molecule has 1 unspecified atom stereocenters. The lowest BCUT2D eigenvalue weighted by Gasteiger charge is -2.32. The van der Waals surface area contributed by atoms with Crippen LogP contribution in [0.2, 0.25) is 0 Å². The van der Waals surface area contributed by atoms with Crippen LogP contribution in [0.4, 0.5) is 0 Å². The van der Waals surface area contributed by atoms with Crippen molar-refractivity contribution in [1.29, 1.82) is 0 Å². The standard InChI is InChI=1S/C19H25N3O6/c1-12(18(26)13-2-4-14(5-3-13)19(20)21-27)10-16(23)22-8-6-15(7-9-22)28-11-17(24)25/h2-5,12,15,27H,6-11H2,1H3,(H2,20,21)(H,24,25). The largest absolute Gasteiger partial charge is 0.480 e. The van der Waals surface area contributed by atoms with E-state index in [4.69, 9.17) is 20.8 Å². The van der Waals surface area contributed by atoms with E-state index in [1.165, 1.54) is 0 Å². The van der Waals surface area contributed by atoms with Gasteiger partial charge in [0, 0.05) is 36.6 Å². The number of oxime groups is 1. The third-order valence-electron chi connectivity index (χ3n) is 4.74. The van der Waals surface area contributed by atoms with E-state index < -0.39 is 11.9 Å². The number of carboxylic acids is 1. The lowest BCUT2D eigenvalue weighted by atomic mass is 9.94. The van der Waals surface area contributed by atoms with E-state index in [0.29, 0.717) is 37.1 Å². The van der Waals surface area contributed by atoms with Gasteiger partial charge in [-0.05, 0) is 12.8 Å². The molecule has 0 radical (unpaired) electrons. The molecular formula is C19H25N3O6. The van der Waals surface area contributed by atoms with Gasteiger partial charge in [0.05, 0.1) is 6.10 Å². The maximum absolute atomic E-state index is 12.6. The number of piperidine rings is 1. The van der Waals surface area contributed by atoms with Gasteiger partial charge in [-0.15, -0.1) is 0 Å². The third-order valence-corrected chi connectivity index (χ3v) is 4.74. The lowest BCUT2D eigenvalue weighted by molar-refractivity contribution is -0.147. The molecule has 1 aliphatic rings. The normalized spacial score (nSPS) is 16.6. The lowest BCUT2D eigenvalue weighted by Crippen LogP contribution is -2.42. The molecule has 0 aliphatic carbocycles. The predicted molar refractivity (Wildman–Crippen MR) is 100 cm³/mol. The molecule has 1 aliphatic heterocycles. The molecule has 4 N–H and O–H groups in total. The number of likely N-dealkylation sites (tertiary alicyclic amines) is 1. The Kier molecular flexibility index (Phi) is 7.51. The summed E-state index contributed by atoms with van der Waals surface area (Å²) >= 11 is 0. The van der Waals surface area contributed by atoms with Gasteiger partial charge in [-0.1, -0.05) is 36.3 Å². The van der Waals surface area contributed by atoms with Gasteiger partial charge in [0.2, 0.25) is 5.91 Å². The molecule has 1 atom stereocenters. The quantitative estimate of drug-likeness (QED) is 0.198. The molecule has 28 heavy (non-hydrogen) atoms. The molecule has 1 heterocycles. The van der Waals surface area contributed by atoms with Crippen LogP contribution in [0.5, 0.6) is 0 Å². The number of carboxylic acid groups (broad SMARTS) is 1. The van der Waals surface area contributed by atoms with Crippen molar-refractivity contribution in [3.8, 4) is 0 Å². The molecule has 0 aromatic heterocycles. The zero-order valence-electron chi connectivity index (χ0n) is 15.7. The number of nitrogens with zero attached hydrogens (tertiary/aromatic N) is 2. The first kappa shape index (κ1) is 21.4. The number of ether oxygens (including phenoxy) is 1. The Balaban J connectivity index is 1.85. The van der Waals surface area contributed by atoms with E-state index in [1.807, 2.05) is 0 Å². The number of aliphatic carboxylic acids is 1. The Morgan fingerprint density at radius 1 is 1.21 bits per heavy atom. The molecule has 152 valence electrons. The Labute approximate surface area is 162 Å². The molecule has 2 rings (SSSR count). The number of hydrogen-bond donors (Lipinski definition) is 3. The maximum Gasteiger partial charge on any atom is 0.329 e. The monoisotopic (exact) mass is 391 g/mol. The molecule has 0 saturated carbocycles. The summed E-state index contributed by atoms with van der Waals surface area (Å²) in [5, 5.41) is 20.2. The number of rotatable bonds is 8. The van der Waals surface area contributed by atoms with Crippen molar-refractivity contribution in [2.45, 2.75) is 32.3 Å². The summed E-state index contributed by atoms with van der Waals surface area (Å²) in [6.07, 6.45) is 1.10. The summed E-state index contributed by atoms with van der Waals surface area (Å²) in [7, 11) is 0. The molecule has 1 aromatic rings. The zero-order chi connectivity index (χ0) is 20.7. The molecular weight excluding hydrogens is 366 g/mol. The molecule has 1 aromatic carbocycles. The Hall–Kier alpha value is -2.94. The highest BCUT2D eigenvalue weighted by atomic mass is 16.5. The average Bonchev–Trinajstić information content (AvgIpc) is 2.71. The van der Waals surface area contributed by atoms with Crippen LogP contribution in [0.15, 0.2) is 29.4 Å². The fourth-order valence-corrected chi connectivity index (χ4v) is 3.09. The number of carbonyl (C=O) groups excluding carboxylic acids is 2. The second kappa shape index (κ2) is 9.84. The molecule has 9 nitrogen and oxygen atoms in total. The smallest absolute Gasteiger partial charge is 0.329 e. The Morgan fingerprint density at radius 2 is 1.79 bits per heavy atom. The predicted octanol–water partition coefficient (Wildman–Crippen LogP) is 1.08. The van der Waals surface area contributed by atoms with Crippen LogP contribution >= 0.6 is 0 Å². The van der Waals surface area contributed by atoms with E-state index in [2.05, 4.69) is 5.16 Å². The number of ketones is 1. The van der Waals surface area contributed by atoms with E-state index in [-0.39, 0.29) is 36.7 Å². The maximum atomic E-state index is 12.6. The SMILES string of the molecule is CC(CC(=O)N1CCC(OCC(=O)O)CC1)C(=O)c1ccc(/C(N)=N/O)cc1. The fourth-order valence-electron chi connectivity index (χ4n) is 3.09. The molecule has 1 fully saturated rings. The summed E-state index contributed by atoms with van der Waals surface area (Å²) in [6.45, 7) is 2.34. The Morgan fingerprint density at radius 3 is 2.32 bits per heavy atom. The summed E-state index contributed by atoms with van der Waals surface area (Å²) in [6, 6.07) is 6.33. The number of benzene rings is 1. The van der Waals surface area contributed by atoms with Crippen molar-refractivity contribution >= 4 is 23.5 Å². The van der Waals surface area contributed by atoms with Gasteiger partial charge in [0.1, 0.15) is 6.61 Å². The Bertz CT molecular complexity index is 739. The van der Waals surface area contributed by atoms with Gasteiger partial charge in [-0.2, -0.15) is 0 Å². The van der Waals surface area contributed by atoms with Crippen LogP contribution in [-0.2, 0) is 14.3 Å². The van der Waals surface area contributed by atoms with Gasteiger partial charge >= 0.3 is 5.97 Å².